The molecule has 0 aromatic carbocycles. The predicted octanol–water partition coefficient (Wildman–Crippen LogP) is -0.00390. The molecule has 13 heavy (non-hydrogen) atoms. The van der Waals surface area contributed by atoms with Crippen molar-refractivity contribution in [3.05, 3.63) is 29.6 Å². The molecule has 0 spiro atoms. The zero-order valence-corrected chi connectivity index (χ0v) is 7.23. The van der Waals surface area contributed by atoms with Crippen LogP contribution >= 0.6 is 0 Å². The molecular weight excluding hydrogens is 166 g/mol. The van der Waals surface area contributed by atoms with Crippen LogP contribution in [0.3, 0.4) is 0 Å². The van der Waals surface area contributed by atoms with Crippen molar-refractivity contribution in [3.63, 3.8) is 0 Å². The molecule has 4 nitrogen and oxygen atoms in total. The molecule has 0 fully saturated rings. The van der Waals surface area contributed by atoms with Crippen LogP contribution in [0.25, 0.3) is 0 Å². The topological polar surface area (TPSA) is 59.2 Å². The van der Waals surface area contributed by atoms with Gasteiger partial charge in [0, 0.05) is 19.3 Å². The van der Waals surface area contributed by atoms with Gasteiger partial charge in [-0.25, -0.2) is 0 Å². The van der Waals surface area contributed by atoms with Crippen molar-refractivity contribution in [1.82, 2.24) is 9.88 Å². The Morgan fingerprint density at radius 3 is 3.15 bits per heavy atom. The van der Waals surface area contributed by atoms with E-state index in [4.69, 9.17) is 5.73 Å². The Bertz CT molecular complexity index is 337. The second kappa shape index (κ2) is 3.14. The van der Waals surface area contributed by atoms with Crippen molar-refractivity contribution in [2.75, 3.05) is 13.1 Å². The van der Waals surface area contributed by atoms with Gasteiger partial charge in [-0.1, -0.05) is 0 Å². The first-order valence-electron chi connectivity index (χ1n) is 4.26. The minimum atomic E-state index is 0.0496. The molecule has 0 saturated carbocycles. The van der Waals surface area contributed by atoms with Gasteiger partial charge in [0.25, 0.3) is 5.91 Å². The highest BCUT2D eigenvalue weighted by Crippen LogP contribution is 2.19. The second-order valence-electron chi connectivity index (χ2n) is 3.01. The van der Waals surface area contributed by atoms with Crippen LogP contribution in [-0.4, -0.2) is 28.9 Å². The smallest absolute Gasteiger partial charge is 0.256 e. The van der Waals surface area contributed by atoms with Gasteiger partial charge >= 0.3 is 0 Å². The van der Waals surface area contributed by atoms with Crippen molar-refractivity contribution in [1.29, 1.82) is 0 Å². The van der Waals surface area contributed by atoms with Crippen molar-refractivity contribution < 1.29 is 4.79 Å². The van der Waals surface area contributed by atoms with Gasteiger partial charge in [0.2, 0.25) is 0 Å². The fourth-order valence-corrected chi connectivity index (χ4v) is 1.52. The highest BCUT2D eigenvalue weighted by Gasteiger charge is 2.26. The summed E-state index contributed by atoms with van der Waals surface area (Å²) in [6, 6.07) is 3.59. The van der Waals surface area contributed by atoms with E-state index >= 15 is 0 Å². The van der Waals surface area contributed by atoms with Crippen LogP contribution in [0.15, 0.2) is 18.3 Å². The number of aromatic nitrogens is 1. The van der Waals surface area contributed by atoms with Crippen LogP contribution in [0.5, 0.6) is 0 Å². The minimum Gasteiger partial charge on any atom is -0.331 e. The monoisotopic (exact) mass is 177 g/mol. The lowest BCUT2D eigenvalue weighted by Gasteiger charge is -2.12. The van der Waals surface area contributed by atoms with E-state index < -0.39 is 0 Å². The molecule has 0 atom stereocenters. The first kappa shape index (κ1) is 8.19. The minimum absolute atomic E-state index is 0.0496. The van der Waals surface area contributed by atoms with Crippen LogP contribution in [0.4, 0.5) is 0 Å². The molecule has 0 bridgehead atoms. The van der Waals surface area contributed by atoms with Crippen molar-refractivity contribution in [3.8, 4) is 0 Å². The number of carbonyl (C=O) groups excluding carboxylic acids is 1. The van der Waals surface area contributed by atoms with Gasteiger partial charge in [0.1, 0.15) is 0 Å². The molecular formula is C9H11N3O. The lowest BCUT2D eigenvalue weighted by atomic mass is 10.2. The molecule has 0 radical (unpaired) electrons. The van der Waals surface area contributed by atoms with Crippen LogP contribution in [0.2, 0.25) is 0 Å². The van der Waals surface area contributed by atoms with Gasteiger partial charge in [-0.05, 0) is 12.1 Å². The molecule has 1 aromatic heterocycles. The van der Waals surface area contributed by atoms with E-state index in [1.54, 1.807) is 23.2 Å². The van der Waals surface area contributed by atoms with Gasteiger partial charge in [0.05, 0.1) is 17.8 Å². The lowest BCUT2D eigenvalue weighted by molar-refractivity contribution is 0.0783. The van der Waals surface area contributed by atoms with Gasteiger partial charge in [-0.3, -0.25) is 9.78 Å². The van der Waals surface area contributed by atoms with E-state index in [2.05, 4.69) is 4.98 Å². The predicted molar refractivity (Wildman–Crippen MR) is 48.0 cm³/mol. The third kappa shape index (κ3) is 1.29. The van der Waals surface area contributed by atoms with Gasteiger partial charge in [0.15, 0.2) is 0 Å². The quantitative estimate of drug-likeness (QED) is 0.691. The third-order valence-electron chi connectivity index (χ3n) is 2.15. The summed E-state index contributed by atoms with van der Waals surface area (Å²) in [5.74, 6) is 0.0496. The summed E-state index contributed by atoms with van der Waals surface area (Å²) in [6.45, 7) is 1.71. The van der Waals surface area contributed by atoms with Gasteiger partial charge < -0.3 is 10.6 Å². The first-order chi connectivity index (χ1) is 6.33. The Hall–Kier alpha value is -1.42. The standard InChI is InChI=1S/C9H11N3O/c10-3-5-12-6-8-7(9(12)13)2-1-4-11-8/h1-2,4H,3,5-6,10H2. The van der Waals surface area contributed by atoms with E-state index in [1.165, 1.54) is 0 Å². The Balaban J connectivity index is 2.28. The molecule has 1 aliphatic rings. The van der Waals surface area contributed by atoms with Crippen LogP contribution < -0.4 is 5.73 Å². The summed E-state index contributed by atoms with van der Waals surface area (Å²) >= 11 is 0. The molecule has 1 amide bonds. The first-order valence-corrected chi connectivity index (χ1v) is 4.26. The molecule has 68 valence electrons. The zero-order chi connectivity index (χ0) is 9.26. The molecule has 0 saturated heterocycles. The maximum Gasteiger partial charge on any atom is 0.256 e. The maximum absolute atomic E-state index is 11.6. The number of hydrogen-bond acceptors (Lipinski definition) is 3. The van der Waals surface area contributed by atoms with Crippen LogP contribution in [-0.2, 0) is 6.54 Å². The number of carbonyl (C=O) groups is 1. The second-order valence-corrected chi connectivity index (χ2v) is 3.01. The average Bonchev–Trinajstić information content (AvgIpc) is 2.46. The molecule has 2 heterocycles. The van der Waals surface area contributed by atoms with Crippen LogP contribution in [0, 0.1) is 0 Å². The van der Waals surface area contributed by atoms with E-state index in [-0.39, 0.29) is 5.91 Å². The van der Waals surface area contributed by atoms with E-state index in [9.17, 15) is 4.79 Å². The van der Waals surface area contributed by atoms with Gasteiger partial charge in [-0.2, -0.15) is 0 Å². The summed E-state index contributed by atoms with van der Waals surface area (Å²) in [4.78, 5) is 17.5. The molecule has 2 rings (SSSR count). The Morgan fingerprint density at radius 2 is 2.46 bits per heavy atom. The zero-order valence-electron chi connectivity index (χ0n) is 7.23. The average molecular weight is 177 g/mol. The summed E-state index contributed by atoms with van der Waals surface area (Å²) in [5.41, 5.74) is 6.97. The third-order valence-corrected chi connectivity index (χ3v) is 2.15. The summed E-state index contributed by atoms with van der Waals surface area (Å²) in [5, 5.41) is 0. The highest BCUT2D eigenvalue weighted by atomic mass is 16.2. The normalized spacial score (nSPS) is 14.8. The SMILES string of the molecule is NCCN1Cc2ncccc2C1=O. The van der Waals surface area contributed by atoms with Crippen molar-refractivity contribution >= 4 is 5.91 Å². The van der Waals surface area contributed by atoms with Crippen LogP contribution in [0.1, 0.15) is 16.1 Å². The van der Waals surface area contributed by atoms with E-state index in [1.807, 2.05) is 0 Å². The van der Waals surface area contributed by atoms with Crippen molar-refractivity contribution in [2.24, 2.45) is 5.73 Å². The Morgan fingerprint density at radius 1 is 1.62 bits per heavy atom. The Kier molecular flexibility index (Phi) is 1.98. The Labute approximate surface area is 76.4 Å². The molecule has 2 N–H and O–H groups in total. The number of amides is 1. The van der Waals surface area contributed by atoms with E-state index in [0.717, 1.165) is 11.3 Å². The number of rotatable bonds is 2. The molecule has 0 unspecified atom stereocenters. The summed E-state index contributed by atoms with van der Waals surface area (Å²) in [6.07, 6.45) is 1.71. The highest BCUT2D eigenvalue weighted by molar-refractivity contribution is 5.97. The summed E-state index contributed by atoms with van der Waals surface area (Å²) < 4.78 is 0. The van der Waals surface area contributed by atoms with Crippen molar-refractivity contribution in [2.45, 2.75) is 6.54 Å². The van der Waals surface area contributed by atoms with Gasteiger partial charge in [-0.15, -0.1) is 0 Å². The summed E-state index contributed by atoms with van der Waals surface area (Å²) in [7, 11) is 0. The molecule has 1 aliphatic heterocycles. The fraction of sp³-hybridized carbons (Fsp3) is 0.333. The maximum atomic E-state index is 11.6. The van der Waals surface area contributed by atoms with E-state index in [0.29, 0.717) is 19.6 Å². The number of hydrogen-bond donors (Lipinski definition) is 1. The number of nitrogens with two attached hydrogens (primary N) is 1. The fourth-order valence-electron chi connectivity index (χ4n) is 1.52. The molecule has 4 heteroatoms. The number of fused-ring (bicyclic) bond motifs is 1. The molecule has 0 aliphatic carbocycles. The lowest BCUT2D eigenvalue weighted by Crippen LogP contribution is -2.29. The molecule has 1 aromatic rings. The largest absolute Gasteiger partial charge is 0.331 e. The number of nitrogens with zero attached hydrogens (tertiary/aromatic N) is 2. The number of pyridine rings is 1.